The van der Waals surface area contributed by atoms with E-state index in [0.717, 1.165) is 11.8 Å². The number of carbonyl (C=O) groups excluding carboxylic acids is 1. The lowest BCUT2D eigenvalue weighted by atomic mass is 10.0. The van der Waals surface area contributed by atoms with Crippen molar-refractivity contribution in [2.75, 3.05) is 0 Å². The van der Waals surface area contributed by atoms with Crippen LogP contribution in [0.5, 0.6) is 0 Å². The van der Waals surface area contributed by atoms with Gasteiger partial charge in [-0.2, -0.15) is 0 Å². The summed E-state index contributed by atoms with van der Waals surface area (Å²) in [6, 6.07) is 0. The van der Waals surface area contributed by atoms with Gasteiger partial charge in [0.05, 0.1) is 0 Å². The Hall–Kier alpha value is -0.330. The fourth-order valence-electron chi connectivity index (χ4n) is 3.45. The average molecular weight is 206 g/mol. The summed E-state index contributed by atoms with van der Waals surface area (Å²) in [5, 5.41) is 0. The molecule has 1 heteroatoms. The molecule has 0 unspecified atom stereocenters. The number of Topliss-reactive ketones (excluding diaryl/α,β-unsaturated/α-hetero) is 1. The van der Waals surface area contributed by atoms with Crippen molar-refractivity contribution in [2.45, 2.75) is 57.8 Å². The van der Waals surface area contributed by atoms with Crippen molar-refractivity contribution in [1.29, 1.82) is 0 Å². The van der Waals surface area contributed by atoms with Crippen molar-refractivity contribution in [3.8, 4) is 0 Å². The molecule has 0 heterocycles. The van der Waals surface area contributed by atoms with Crippen molar-refractivity contribution in [3.05, 3.63) is 0 Å². The molecule has 3 fully saturated rings. The quantitative estimate of drug-likeness (QED) is 0.592. The first kappa shape index (κ1) is 9.86. The third kappa shape index (κ3) is 2.11. The van der Waals surface area contributed by atoms with Crippen molar-refractivity contribution < 1.29 is 4.79 Å². The molecule has 0 N–H and O–H groups in total. The van der Waals surface area contributed by atoms with Crippen LogP contribution in [0.4, 0.5) is 0 Å². The van der Waals surface area contributed by atoms with Crippen LogP contribution in [0.2, 0.25) is 0 Å². The lowest BCUT2D eigenvalue weighted by Gasteiger charge is -2.04. The summed E-state index contributed by atoms with van der Waals surface area (Å²) in [7, 11) is 0. The summed E-state index contributed by atoms with van der Waals surface area (Å²) in [5.74, 6) is 3.29. The topological polar surface area (TPSA) is 17.1 Å². The van der Waals surface area contributed by atoms with Crippen molar-refractivity contribution in [2.24, 2.45) is 23.7 Å². The third-order valence-electron chi connectivity index (χ3n) is 4.73. The minimum absolute atomic E-state index is 0.513. The van der Waals surface area contributed by atoms with E-state index in [0.29, 0.717) is 17.6 Å². The Morgan fingerprint density at radius 3 is 1.73 bits per heavy atom. The number of fused-ring (bicyclic) bond motifs is 2. The molecule has 3 saturated carbocycles. The van der Waals surface area contributed by atoms with Crippen LogP contribution in [0.25, 0.3) is 0 Å². The minimum atomic E-state index is 0.513. The Labute approximate surface area is 92.6 Å². The summed E-state index contributed by atoms with van der Waals surface area (Å²) in [6.07, 6.45) is 12.2. The molecule has 3 aliphatic rings. The lowest BCUT2D eigenvalue weighted by Crippen LogP contribution is -2.07. The highest BCUT2D eigenvalue weighted by Crippen LogP contribution is 2.52. The Bertz CT molecular complexity index is 234. The summed E-state index contributed by atoms with van der Waals surface area (Å²) in [5.41, 5.74) is 0. The van der Waals surface area contributed by atoms with E-state index in [1.54, 1.807) is 0 Å². The van der Waals surface area contributed by atoms with E-state index >= 15 is 0 Å². The monoisotopic (exact) mass is 206 g/mol. The first-order chi connectivity index (χ1) is 7.36. The number of hydrogen-bond donors (Lipinski definition) is 0. The van der Waals surface area contributed by atoms with Crippen LogP contribution in [0.1, 0.15) is 57.8 Å². The molecular formula is C14H22O. The Kier molecular flexibility index (Phi) is 2.58. The van der Waals surface area contributed by atoms with E-state index in [4.69, 9.17) is 0 Å². The SMILES string of the molecule is O=C1[C@H]2C[C@@H]2CCCCCCC[C@@H]2C[C@@H]12. The normalized spacial score (nSPS) is 45.7. The first-order valence-corrected chi connectivity index (χ1v) is 6.90. The molecule has 0 spiro atoms. The van der Waals surface area contributed by atoms with Crippen LogP contribution in [-0.4, -0.2) is 5.78 Å². The predicted octanol–water partition coefficient (Wildman–Crippen LogP) is 3.57. The summed E-state index contributed by atoms with van der Waals surface area (Å²) < 4.78 is 0. The van der Waals surface area contributed by atoms with Gasteiger partial charge in [-0.15, -0.1) is 0 Å². The molecule has 3 rings (SSSR count). The molecule has 0 aromatic rings. The lowest BCUT2D eigenvalue weighted by molar-refractivity contribution is -0.122. The maximum atomic E-state index is 12.0. The molecule has 15 heavy (non-hydrogen) atoms. The molecule has 0 saturated heterocycles. The fraction of sp³-hybridized carbons (Fsp3) is 0.929. The Morgan fingerprint density at radius 2 is 1.20 bits per heavy atom. The van der Waals surface area contributed by atoms with Gasteiger partial charge in [0.2, 0.25) is 0 Å². The number of ketones is 1. The van der Waals surface area contributed by atoms with Gasteiger partial charge in [0.15, 0.2) is 0 Å². The zero-order valence-corrected chi connectivity index (χ0v) is 9.58. The van der Waals surface area contributed by atoms with Gasteiger partial charge < -0.3 is 0 Å². The fourth-order valence-corrected chi connectivity index (χ4v) is 3.45. The predicted molar refractivity (Wildman–Crippen MR) is 60.5 cm³/mol. The third-order valence-corrected chi connectivity index (χ3v) is 4.73. The zero-order chi connectivity index (χ0) is 10.3. The van der Waals surface area contributed by atoms with Crippen LogP contribution < -0.4 is 0 Å². The van der Waals surface area contributed by atoms with E-state index in [9.17, 15) is 4.79 Å². The van der Waals surface area contributed by atoms with Crippen LogP contribution in [0.15, 0.2) is 0 Å². The number of carbonyl (C=O) groups is 1. The molecule has 84 valence electrons. The highest BCUT2D eigenvalue weighted by molar-refractivity contribution is 5.88. The van der Waals surface area contributed by atoms with Gasteiger partial charge in [0.25, 0.3) is 0 Å². The molecule has 4 atom stereocenters. The van der Waals surface area contributed by atoms with E-state index < -0.39 is 0 Å². The van der Waals surface area contributed by atoms with E-state index in [1.165, 1.54) is 57.8 Å². The summed E-state index contributed by atoms with van der Waals surface area (Å²) in [4.78, 5) is 12.0. The maximum absolute atomic E-state index is 12.0. The molecular weight excluding hydrogens is 184 g/mol. The number of rotatable bonds is 0. The molecule has 0 aromatic carbocycles. The minimum Gasteiger partial charge on any atom is -0.299 e. The van der Waals surface area contributed by atoms with Crippen LogP contribution in [-0.2, 0) is 4.79 Å². The van der Waals surface area contributed by atoms with Gasteiger partial charge in [-0.05, 0) is 37.5 Å². The smallest absolute Gasteiger partial charge is 0.139 e. The maximum Gasteiger partial charge on any atom is 0.139 e. The second-order valence-corrected chi connectivity index (χ2v) is 5.95. The Morgan fingerprint density at radius 1 is 0.733 bits per heavy atom. The molecule has 0 aliphatic heterocycles. The second kappa shape index (κ2) is 3.92. The van der Waals surface area contributed by atoms with E-state index in [1.807, 2.05) is 0 Å². The van der Waals surface area contributed by atoms with Crippen molar-refractivity contribution in [1.82, 2.24) is 0 Å². The summed E-state index contributed by atoms with van der Waals surface area (Å²) >= 11 is 0. The van der Waals surface area contributed by atoms with Gasteiger partial charge in [0, 0.05) is 11.8 Å². The molecule has 3 aliphatic carbocycles. The molecule has 0 radical (unpaired) electrons. The molecule has 0 aromatic heterocycles. The molecule has 0 amide bonds. The van der Waals surface area contributed by atoms with Crippen LogP contribution in [0.3, 0.4) is 0 Å². The highest BCUT2D eigenvalue weighted by Gasteiger charge is 2.51. The van der Waals surface area contributed by atoms with Crippen molar-refractivity contribution >= 4 is 5.78 Å². The standard InChI is InChI=1S/C14H22O/c15-14-12-8-10(12)6-4-2-1-3-5-7-11-9-13(11)14/h10-13H,1-9H2/t10-,11+,12-,13+. The van der Waals surface area contributed by atoms with Crippen LogP contribution >= 0.6 is 0 Å². The van der Waals surface area contributed by atoms with E-state index in [2.05, 4.69) is 0 Å². The van der Waals surface area contributed by atoms with Crippen LogP contribution in [0, 0.1) is 23.7 Å². The summed E-state index contributed by atoms with van der Waals surface area (Å²) in [6.45, 7) is 0. The first-order valence-electron chi connectivity index (χ1n) is 6.90. The van der Waals surface area contributed by atoms with Crippen molar-refractivity contribution in [3.63, 3.8) is 0 Å². The van der Waals surface area contributed by atoms with Gasteiger partial charge in [-0.25, -0.2) is 0 Å². The van der Waals surface area contributed by atoms with Gasteiger partial charge in [0.1, 0.15) is 5.78 Å². The van der Waals surface area contributed by atoms with Gasteiger partial charge in [-0.3, -0.25) is 4.79 Å². The Balaban J connectivity index is 1.58. The number of hydrogen-bond acceptors (Lipinski definition) is 1. The van der Waals surface area contributed by atoms with Gasteiger partial charge >= 0.3 is 0 Å². The highest BCUT2D eigenvalue weighted by atomic mass is 16.1. The second-order valence-electron chi connectivity index (χ2n) is 5.95. The largest absolute Gasteiger partial charge is 0.299 e. The zero-order valence-electron chi connectivity index (χ0n) is 9.58. The van der Waals surface area contributed by atoms with E-state index in [-0.39, 0.29) is 0 Å². The van der Waals surface area contributed by atoms with Gasteiger partial charge in [-0.1, -0.05) is 32.1 Å². The molecule has 0 bridgehead atoms. The average Bonchev–Trinajstić information content (AvgIpc) is 3.09. The molecule has 1 nitrogen and oxygen atoms in total.